The molecular formula is C54H67F2N2O5PS2. The Morgan fingerprint density at radius 3 is 1.38 bits per heavy atom. The third-order valence-electron chi connectivity index (χ3n) is 11.0. The molecular weight excluding hydrogens is 890 g/mol. The number of hydrogen-bond acceptors (Lipinski definition) is 9. The van der Waals surface area contributed by atoms with Crippen molar-refractivity contribution in [2.24, 2.45) is 11.8 Å². The lowest BCUT2D eigenvalue weighted by molar-refractivity contribution is 0.220. The fourth-order valence-electron chi connectivity index (χ4n) is 7.71. The fourth-order valence-corrected chi connectivity index (χ4v) is 9.91. The molecule has 2 N–H and O–H groups in total. The smallest absolute Gasteiger partial charge is 0.319 e. The minimum Gasteiger partial charge on any atom is -0.493 e. The molecule has 0 atom stereocenters. The quantitative estimate of drug-likeness (QED) is 0.0344. The van der Waals surface area contributed by atoms with E-state index in [9.17, 15) is 13.3 Å². The molecule has 0 aliphatic heterocycles. The van der Waals surface area contributed by atoms with Gasteiger partial charge in [-0.1, -0.05) is 76.2 Å². The monoisotopic (exact) mass is 956 g/mol. The van der Waals surface area contributed by atoms with Gasteiger partial charge in [-0.05, 0) is 169 Å². The van der Waals surface area contributed by atoms with Gasteiger partial charge in [-0.15, -0.1) is 22.7 Å². The topological polar surface area (TPSA) is 78.1 Å². The third-order valence-corrected chi connectivity index (χ3v) is 13.7. The summed E-state index contributed by atoms with van der Waals surface area (Å²) in [6, 6.07) is 32.1. The van der Waals surface area contributed by atoms with Crippen molar-refractivity contribution in [3.05, 3.63) is 153 Å². The van der Waals surface area contributed by atoms with E-state index in [1.165, 1.54) is 0 Å². The van der Waals surface area contributed by atoms with Gasteiger partial charge in [0.15, 0.2) is 0 Å². The lowest BCUT2D eigenvalue weighted by Gasteiger charge is -2.14. The first kappa shape index (κ1) is 51.2. The Hall–Kier alpha value is -4.19. The summed E-state index contributed by atoms with van der Waals surface area (Å²) in [7, 11) is -2.57. The number of nitrogens with one attached hydrogen (secondary N) is 2. The molecule has 0 aliphatic rings. The van der Waals surface area contributed by atoms with Crippen LogP contribution in [0.25, 0.3) is 20.9 Å². The van der Waals surface area contributed by atoms with Crippen LogP contribution in [0.1, 0.15) is 86.8 Å². The lowest BCUT2D eigenvalue weighted by atomic mass is 10.00. The summed E-state index contributed by atoms with van der Waals surface area (Å²) in [6.07, 6.45) is 6.01. The molecule has 6 rings (SSSR count). The highest BCUT2D eigenvalue weighted by molar-refractivity contribution is 7.33. The van der Waals surface area contributed by atoms with E-state index in [4.69, 9.17) is 18.5 Å². The molecule has 6 aromatic rings. The molecule has 0 saturated carbocycles. The van der Waals surface area contributed by atoms with Crippen molar-refractivity contribution in [2.45, 2.75) is 92.2 Å². The Morgan fingerprint density at radius 2 is 0.985 bits per heavy atom. The van der Waals surface area contributed by atoms with Crippen LogP contribution in [0.5, 0.6) is 11.5 Å². The van der Waals surface area contributed by atoms with Gasteiger partial charge in [-0.25, -0.2) is 8.78 Å². The molecule has 354 valence electrons. The summed E-state index contributed by atoms with van der Waals surface area (Å²) in [6.45, 7) is 13.0. The van der Waals surface area contributed by atoms with Gasteiger partial charge in [0.05, 0.1) is 26.4 Å². The first-order chi connectivity index (χ1) is 32.1. The Balaban J connectivity index is 0.831. The van der Waals surface area contributed by atoms with Gasteiger partial charge in [0.25, 0.3) is 0 Å². The van der Waals surface area contributed by atoms with E-state index in [0.29, 0.717) is 77.3 Å². The van der Waals surface area contributed by atoms with Crippen LogP contribution < -0.4 is 20.1 Å². The van der Waals surface area contributed by atoms with Crippen molar-refractivity contribution >= 4 is 30.9 Å². The molecule has 12 heteroatoms. The van der Waals surface area contributed by atoms with Crippen molar-refractivity contribution in [3.63, 3.8) is 0 Å². The van der Waals surface area contributed by atoms with E-state index >= 15 is 0 Å². The zero-order valence-electron chi connectivity index (χ0n) is 39.0. The first-order valence-electron chi connectivity index (χ1n) is 23.5. The molecule has 4 aromatic carbocycles. The number of rotatable bonds is 30. The molecule has 0 bridgehead atoms. The number of thiophene rings is 2. The van der Waals surface area contributed by atoms with Crippen LogP contribution in [0.15, 0.2) is 108 Å². The summed E-state index contributed by atoms with van der Waals surface area (Å²) >= 11 is 3.36. The van der Waals surface area contributed by atoms with Crippen LogP contribution in [0.3, 0.4) is 0 Å². The Labute approximate surface area is 400 Å². The normalized spacial score (nSPS) is 11.7. The average molecular weight is 957 g/mol. The highest BCUT2D eigenvalue weighted by Gasteiger charge is 2.13. The standard InChI is InChI=1S/C54H67F2N2O5PS2/c1-39(2)31-45-19-15-41(35-49(45)55)11-5-25-60-51-21-17-43(33-47(51)53-13-7-29-65-53)37-57-23-9-27-62-64(59)63-28-10-24-58-38-44-18-22-52(48(34-44)54-14-8-30-66-54)61-26-6-12-42-16-20-46(32-40(3)4)50(56)36-42/h7-8,13-22,29-30,33-36,39-40,57-58,64H,5-6,9-12,23-28,31-32,37-38H2,1-4H3. The van der Waals surface area contributed by atoms with Crippen molar-refractivity contribution < 1.29 is 31.9 Å². The molecule has 0 fully saturated rings. The predicted octanol–water partition coefficient (Wildman–Crippen LogP) is 13.9. The Bertz CT molecular complexity index is 2210. The molecule has 0 saturated heterocycles. The van der Waals surface area contributed by atoms with Gasteiger partial charge in [-0.3, -0.25) is 4.57 Å². The van der Waals surface area contributed by atoms with Gasteiger partial charge in [-0.2, -0.15) is 0 Å². The maximum Gasteiger partial charge on any atom is 0.319 e. The van der Waals surface area contributed by atoms with E-state index in [2.05, 4.69) is 85.5 Å². The van der Waals surface area contributed by atoms with Gasteiger partial charge in [0, 0.05) is 34.0 Å². The second kappa shape index (κ2) is 27.6. The van der Waals surface area contributed by atoms with E-state index < -0.39 is 8.25 Å². The summed E-state index contributed by atoms with van der Waals surface area (Å²) in [5, 5.41) is 11.1. The molecule has 0 amide bonds. The second-order valence-corrected chi connectivity index (χ2v) is 20.5. The average Bonchev–Trinajstić information content (AvgIpc) is 4.05. The first-order valence-corrected chi connectivity index (χ1v) is 26.4. The van der Waals surface area contributed by atoms with Crippen molar-refractivity contribution in [1.82, 2.24) is 10.6 Å². The summed E-state index contributed by atoms with van der Waals surface area (Å²) < 4.78 is 65.1. The van der Waals surface area contributed by atoms with Crippen molar-refractivity contribution in [3.8, 4) is 32.4 Å². The molecule has 66 heavy (non-hydrogen) atoms. The van der Waals surface area contributed by atoms with E-state index in [1.807, 2.05) is 48.5 Å². The second-order valence-electron chi connectivity index (χ2n) is 17.6. The molecule has 0 radical (unpaired) electrons. The number of ether oxygens (including phenoxy) is 2. The highest BCUT2D eigenvalue weighted by atomic mass is 32.1. The zero-order chi connectivity index (χ0) is 46.5. The molecule has 2 heterocycles. The minimum atomic E-state index is -2.57. The molecule has 7 nitrogen and oxygen atoms in total. The highest BCUT2D eigenvalue weighted by Crippen LogP contribution is 2.36. The van der Waals surface area contributed by atoms with Gasteiger partial charge < -0.3 is 29.2 Å². The van der Waals surface area contributed by atoms with Gasteiger partial charge >= 0.3 is 8.25 Å². The molecule has 0 unspecified atom stereocenters. The molecule has 0 aliphatic carbocycles. The number of hydrogen-bond donors (Lipinski definition) is 2. The number of aryl methyl sites for hydroxylation is 2. The number of benzene rings is 4. The fraction of sp³-hybridized carbons (Fsp3) is 0.407. The third kappa shape index (κ3) is 17.2. The van der Waals surface area contributed by atoms with Crippen molar-refractivity contribution in [2.75, 3.05) is 39.5 Å². The van der Waals surface area contributed by atoms with E-state index in [-0.39, 0.29) is 11.6 Å². The molecule has 2 aromatic heterocycles. The Kier molecular flexibility index (Phi) is 21.4. The lowest BCUT2D eigenvalue weighted by Crippen LogP contribution is -2.16. The maximum atomic E-state index is 14.6. The van der Waals surface area contributed by atoms with Gasteiger partial charge in [0.2, 0.25) is 0 Å². The van der Waals surface area contributed by atoms with E-state index in [0.717, 1.165) is 104 Å². The SMILES string of the molecule is CC(C)Cc1ccc(CCCOc2ccc(CNCCCO[PH](=O)OCCCNCc3ccc(OCCCc4ccc(CC(C)C)c(F)c4)c(-c4cccs4)c3)cc2-c2cccs2)cc1F. The van der Waals surface area contributed by atoms with Crippen LogP contribution in [0.4, 0.5) is 8.78 Å². The van der Waals surface area contributed by atoms with Crippen LogP contribution in [0.2, 0.25) is 0 Å². The summed E-state index contributed by atoms with van der Waals surface area (Å²) in [4.78, 5) is 2.29. The minimum absolute atomic E-state index is 0.116. The van der Waals surface area contributed by atoms with Crippen LogP contribution in [-0.4, -0.2) is 39.5 Å². The van der Waals surface area contributed by atoms with Crippen LogP contribution >= 0.6 is 30.9 Å². The molecule has 0 spiro atoms. The van der Waals surface area contributed by atoms with Crippen LogP contribution in [-0.2, 0) is 52.4 Å². The van der Waals surface area contributed by atoms with Crippen molar-refractivity contribution in [1.29, 1.82) is 0 Å². The Morgan fingerprint density at radius 1 is 0.545 bits per heavy atom. The van der Waals surface area contributed by atoms with E-state index in [1.54, 1.807) is 34.8 Å². The van der Waals surface area contributed by atoms with Gasteiger partial charge in [0.1, 0.15) is 23.1 Å². The summed E-state index contributed by atoms with van der Waals surface area (Å²) in [5.74, 6) is 2.30. The maximum absolute atomic E-state index is 14.6. The predicted molar refractivity (Wildman–Crippen MR) is 271 cm³/mol. The van der Waals surface area contributed by atoms with Crippen LogP contribution in [0, 0.1) is 23.5 Å². The summed E-state index contributed by atoms with van der Waals surface area (Å²) in [5.41, 5.74) is 7.96. The zero-order valence-corrected chi connectivity index (χ0v) is 41.6. The largest absolute Gasteiger partial charge is 0.493 e. The number of halogens is 2.